The number of ether oxygens (including phenoxy) is 1. The number of nitrogens with zero attached hydrogens (tertiary/aromatic N) is 2. The second kappa shape index (κ2) is 8.90. The Balaban J connectivity index is 1.56. The maximum Gasteiger partial charge on any atom is 0.416 e. The van der Waals surface area contributed by atoms with Crippen molar-refractivity contribution in [3.63, 3.8) is 0 Å². The first-order valence-corrected chi connectivity index (χ1v) is 12.6. The van der Waals surface area contributed by atoms with Gasteiger partial charge in [-0.05, 0) is 42.5 Å². The lowest BCUT2D eigenvalue weighted by Gasteiger charge is -2.24. The van der Waals surface area contributed by atoms with E-state index in [-0.39, 0.29) is 35.0 Å². The highest BCUT2D eigenvalue weighted by Gasteiger charge is 2.44. The molecule has 33 heavy (non-hydrogen) atoms. The lowest BCUT2D eigenvalue weighted by atomic mass is 10.2. The number of hydrogen-bond acceptors (Lipinski definition) is 7. The first-order chi connectivity index (χ1) is 15.5. The molecule has 12 heteroatoms. The van der Waals surface area contributed by atoms with Crippen LogP contribution in [0.1, 0.15) is 5.56 Å². The minimum Gasteiger partial charge on any atom is -0.497 e. The molecular weight excluding hydrogens is 479 g/mol. The first-order valence-electron chi connectivity index (χ1n) is 9.88. The van der Waals surface area contributed by atoms with Crippen LogP contribution in [0.5, 0.6) is 5.75 Å². The second-order valence-corrected chi connectivity index (χ2v) is 11.0. The summed E-state index contributed by atoms with van der Waals surface area (Å²) in [6.45, 7) is -0.222. The van der Waals surface area contributed by atoms with E-state index in [2.05, 4.69) is 10.3 Å². The molecule has 0 bridgehead atoms. The highest BCUT2D eigenvalue weighted by molar-refractivity contribution is 8.15. The van der Waals surface area contributed by atoms with Crippen molar-refractivity contribution >= 4 is 44.0 Å². The van der Waals surface area contributed by atoms with Crippen LogP contribution in [0, 0.1) is 0 Å². The third-order valence-electron chi connectivity index (χ3n) is 5.20. The molecule has 2 aliphatic heterocycles. The van der Waals surface area contributed by atoms with Gasteiger partial charge in [0.2, 0.25) is 5.91 Å². The number of anilines is 2. The standard InChI is InChI=1S/C21H20F3N3O4S2/c1-31-16-7-5-15(6-8-16)27(20-26-17-11-33(29,30)12-18(17)32-20)10-19(28)25-14-4-2-3-13(9-14)21(22,23)24/h2-9,17-18H,10-12H2,1H3,(H,25,28). The molecule has 1 N–H and O–H groups in total. The number of thioether (sulfide) groups is 1. The zero-order chi connectivity index (χ0) is 23.8. The van der Waals surface area contributed by atoms with Crippen LogP contribution in [-0.4, -0.2) is 55.9 Å². The van der Waals surface area contributed by atoms with Gasteiger partial charge in [0.1, 0.15) is 12.3 Å². The van der Waals surface area contributed by atoms with Crippen LogP contribution in [0.15, 0.2) is 53.5 Å². The summed E-state index contributed by atoms with van der Waals surface area (Å²) >= 11 is 1.29. The van der Waals surface area contributed by atoms with Gasteiger partial charge < -0.3 is 15.0 Å². The van der Waals surface area contributed by atoms with Crippen LogP contribution in [0.2, 0.25) is 0 Å². The summed E-state index contributed by atoms with van der Waals surface area (Å²) in [7, 11) is -1.62. The molecule has 2 heterocycles. The summed E-state index contributed by atoms with van der Waals surface area (Å²) in [5.41, 5.74) is -0.227. The quantitative estimate of drug-likeness (QED) is 0.678. The molecule has 2 atom stereocenters. The molecule has 1 saturated heterocycles. The molecule has 0 aromatic heterocycles. The molecule has 0 radical (unpaired) electrons. The number of carbonyl (C=O) groups excluding carboxylic acids is 1. The van der Waals surface area contributed by atoms with Crippen LogP contribution in [0.25, 0.3) is 0 Å². The van der Waals surface area contributed by atoms with Gasteiger partial charge in [-0.2, -0.15) is 13.2 Å². The Morgan fingerprint density at radius 2 is 1.94 bits per heavy atom. The third-order valence-corrected chi connectivity index (χ3v) is 8.44. The fourth-order valence-electron chi connectivity index (χ4n) is 3.62. The number of nitrogens with one attached hydrogen (secondary N) is 1. The van der Waals surface area contributed by atoms with Crippen molar-refractivity contribution in [3.8, 4) is 5.75 Å². The van der Waals surface area contributed by atoms with E-state index in [0.29, 0.717) is 16.6 Å². The van der Waals surface area contributed by atoms with Crippen molar-refractivity contribution in [1.29, 1.82) is 0 Å². The predicted molar refractivity (Wildman–Crippen MR) is 122 cm³/mol. The van der Waals surface area contributed by atoms with Crippen LogP contribution in [0.3, 0.4) is 0 Å². The number of sulfone groups is 1. The average Bonchev–Trinajstić information content (AvgIpc) is 3.25. The summed E-state index contributed by atoms with van der Waals surface area (Å²) in [6.07, 6.45) is -4.52. The molecule has 2 aromatic carbocycles. The predicted octanol–water partition coefficient (Wildman–Crippen LogP) is 3.43. The number of aliphatic imine (C=N–C) groups is 1. The molecule has 0 aliphatic carbocycles. The zero-order valence-electron chi connectivity index (χ0n) is 17.4. The fraction of sp³-hybridized carbons (Fsp3) is 0.333. The Morgan fingerprint density at radius 1 is 1.21 bits per heavy atom. The lowest BCUT2D eigenvalue weighted by Crippen LogP contribution is -2.36. The number of hydrogen-bond donors (Lipinski definition) is 1. The molecular formula is C21H20F3N3O4S2. The molecule has 2 aliphatic rings. The number of methoxy groups -OCH3 is 1. The number of halogens is 3. The molecule has 2 unspecified atom stereocenters. The third kappa shape index (κ3) is 5.44. The molecule has 0 saturated carbocycles. The van der Waals surface area contributed by atoms with Gasteiger partial charge in [-0.3, -0.25) is 9.79 Å². The van der Waals surface area contributed by atoms with Crippen molar-refractivity contribution in [2.24, 2.45) is 4.99 Å². The van der Waals surface area contributed by atoms with E-state index in [1.54, 1.807) is 29.2 Å². The summed E-state index contributed by atoms with van der Waals surface area (Å²) in [6, 6.07) is 10.9. The molecule has 1 fully saturated rings. The van der Waals surface area contributed by atoms with Crippen LogP contribution in [-0.2, 0) is 20.8 Å². The fourth-order valence-corrected chi connectivity index (χ4v) is 7.40. The smallest absolute Gasteiger partial charge is 0.416 e. The van der Waals surface area contributed by atoms with Gasteiger partial charge in [0.05, 0.1) is 30.2 Å². The van der Waals surface area contributed by atoms with Gasteiger partial charge in [-0.1, -0.05) is 17.8 Å². The van der Waals surface area contributed by atoms with Gasteiger partial charge in [0.25, 0.3) is 0 Å². The van der Waals surface area contributed by atoms with Gasteiger partial charge in [0, 0.05) is 16.6 Å². The maximum atomic E-state index is 13.0. The molecule has 0 spiro atoms. The summed E-state index contributed by atoms with van der Waals surface area (Å²) in [5.74, 6) is 0.0396. The van der Waals surface area contributed by atoms with E-state index < -0.39 is 27.5 Å². The van der Waals surface area contributed by atoms with Crippen LogP contribution >= 0.6 is 11.8 Å². The van der Waals surface area contributed by atoms with Crippen molar-refractivity contribution < 1.29 is 31.1 Å². The Bertz CT molecular complexity index is 1180. The maximum absolute atomic E-state index is 13.0. The van der Waals surface area contributed by atoms with Crippen molar-refractivity contribution in [2.75, 3.05) is 35.4 Å². The monoisotopic (exact) mass is 499 g/mol. The number of fused-ring (bicyclic) bond motifs is 1. The van der Waals surface area contributed by atoms with Crippen LogP contribution in [0.4, 0.5) is 24.5 Å². The van der Waals surface area contributed by atoms with Gasteiger partial charge >= 0.3 is 6.18 Å². The summed E-state index contributed by atoms with van der Waals surface area (Å²) in [5, 5.41) is 2.76. The molecule has 1 amide bonds. The molecule has 2 aromatic rings. The average molecular weight is 500 g/mol. The van der Waals surface area contributed by atoms with E-state index in [4.69, 9.17) is 4.74 Å². The van der Waals surface area contributed by atoms with E-state index in [1.165, 1.54) is 31.0 Å². The minimum absolute atomic E-state index is 0.0161. The van der Waals surface area contributed by atoms with Gasteiger partial charge in [-0.15, -0.1) is 0 Å². The highest BCUT2D eigenvalue weighted by Crippen LogP contribution is 2.37. The van der Waals surface area contributed by atoms with E-state index >= 15 is 0 Å². The van der Waals surface area contributed by atoms with Crippen molar-refractivity contribution in [2.45, 2.75) is 17.5 Å². The second-order valence-electron chi connectivity index (χ2n) is 7.62. The van der Waals surface area contributed by atoms with Gasteiger partial charge in [0.15, 0.2) is 15.0 Å². The lowest BCUT2D eigenvalue weighted by molar-refractivity contribution is -0.137. The molecule has 4 rings (SSSR count). The van der Waals surface area contributed by atoms with E-state index in [1.807, 2.05) is 0 Å². The molecule has 176 valence electrons. The number of benzene rings is 2. The van der Waals surface area contributed by atoms with E-state index in [0.717, 1.165) is 12.1 Å². The zero-order valence-corrected chi connectivity index (χ0v) is 19.0. The number of carbonyl (C=O) groups is 1. The van der Waals surface area contributed by atoms with Crippen molar-refractivity contribution in [3.05, 3.63) is 54.1 Å². The number of amidine groups is 1. The van der Waals surface area contributed by atoms with Crippen LogP contribution < -0.4 is 15.0 Å². The highest BCUT2D eigenvalue weighted by atomic mass is 32.2. The number of rotatable bonds is 5. The largest absolute Gasteiger partial charge is 0.497 e. The van der Waals surface area contributed by atoms with E-state index in [9.17, 15) is 26.4 Å². The number of amides is 1. The topological polar surface area (TPSA) is 88.1 Å². The minimum atomic E-state index is -4.52. The van der Waals surface area contributed by atoms with Gasteiger partial charge in [-0.25, -0.2) is 8.42 Å². The Kier molecular flexibility index (Phi) is 6.32. The number of alkyl halides is 3. The summed E-state index contributed by atoms with van der Waals surface area (Å²) in [4.78, 5) is 18.9. The summed E-state index contributed by atoms with van der Waals surface area (Å²) < 4.78 is 67.9. The Hall–Kier alpha value is -2.73. The first kappa shape index (κ1) is 23.4. The Labute approximate surface area is 192 Å². The normalized spacial score (nSPS) is 21.3. The van der Waals surface area contributed by atoms with Crippen molar-refractivity contribution in [1.82, 2.24) is 0 Å². The molecule has 7 nitrogen and oxygen atoms in total. The SMILES string of the molecule is COc1ccc(N(CC(=O)Nc2cccc(C(F)(F)F)c2)C2=NC3CS(=O)(=O)CC3S2)cc1. The Morgan fingerprint density at radius 3 is 2.58 bits per heavy atom.